The van der Waals surface area contributed by atoms with Crippen molar-refractivity contribution >= 4 is 23.0 Å². The van der Waals surface area contributed by atoms with E-state index in [0.717, 1.165) is 5.01 Å². The van der Waals surface area contributed by atoms with E-state index in [9.17, 15) is 25.1 Å². The second kappa shape index (κ2) is 5.96. The third kappa shape index (κ3) is 2.82. The monoisotopic (exact) mass is 343 g/mol. The fourth-order valence-electron chi connectivity index (χ4n) is 2.36. The highest BCUT2D eigenvalue weighted by atomic mass is 16.6. The minimum atomic E-state index is -2.81. The summed E-state index contributed by atoms with van der Waals surface area (Å²) < 4.78 is 5.03. The van der Waals surface area contributed by atoms with E-state index >= 15 is 0 Å². The van der Waals surface area contributed by atoms with E-state index < -0.39 is 16.6 Å². The SMILES string of the molecule is COc1ccc(C2=NN(c3ccc([N+](=O)[O-])cc3)C(=O)C2(O)O)cc1. The van der Waals surface area contributed by atoms with Crippen molar-refractivity contribution in [3.8, 4) is 5.75 Å². The van der Waals surface area contributed by atoms with Crippen LogP contribution in [0, 0.1) is 10.1 Å². The van der Waals surface area contributed by atoms with Gasteiger partial charge in [-0.25, -0.2) is 0 Å². The zero-order valence-corrected chi connectivity index (χ0v) is 13.0. The summed E-state index contributed by atoms with van der Waals surface area (Å²) in [6.07, 6.45) is 0. The molecule has 25 heavy (non-hydrogen) atoms. The number of amides is 1. The Morgan fingerprint density at radius 2 is 1.72 bits per heavy atom. The van der Waals surface area contributed by atoms with Gasteiger partial charge in [0.1, 0.15) is 11.5 Å². The molecule has 0 saturated heterocycles. The van der Waals surface area contributed by atoms with Gasteiger partial charge in [-0.3, -0.25) is 14.9 Å². The zero-order valence-electron chi connectivity index (χ0n) is 13.0. The number of aliphatic hydroxyl groups is 2. The molecule has 3 rings (SSSR count). The number of nitro benzene ring substituents is 1. The van der Waals surface area contributed by atoms with E-state index in [-0.39, 0.29) is 17.1 Å². The number of anilines is 1. The highest BCUT2D eigenvalue weighted by molar-refractivity contribution is 6.26. The van der Waals surface area contributed by atoms with E-state index in [1.165, 1.54) is 43.5 Å². The predicted octanol–water partition coefficient (Wildman–Crippen LogP) is 1.04. The molecule has 0 fully saturated rings. The standard InChI is InChI=1S/C16H13N3O6/c1-25-13-8-2-10(3-9-13)14-16(21,22)15(20)18(17-14)11-4-6-12(7-5-11)19(23)24/h2-9,21-22H,1H3. The molecule has 9 heteroatoms. The number of ether oxygens (including phenoxy) is 1. The lowest BCUT2D eigenvalue weighted by Crippen LogP contribution is -2.46. The number of nitro groups is 1. The van der Waals surface area contributed by atoms with Crippen LogP contribution in [0.5, 0.6) is 5.75 Å². The average molecular weight is 343 g/mol. The van der Waals surface area contributed by atoms with E-state index in [2.05, 4.69) is 5.10 Å². The Morgan fingerprint density at radius 3 is 2.24 bits per heavy atom. The highest BCUT2D eigenvalue weighted by Crippen LogP contribution is 2.29. The number of nitrogens with zero attached hydrogens (tertiary/aromatic N) is 3. The van der Waals surface area contributed by atoms with Gasteiger partial charge in [0.2, 0.25) is 0 Å². The largest absolute Gasteiger partial charge is 0.497 e. The van der Waals surface area contributed by atoms with Crippen LogP contribution in [-0.2, 0) is 4.79 Å². The van der Waals surface area contributed by atoms with Crippen LogP contribution in [0.1, 0.15) is 5.56 Å². The van der Waals surface area contributed by atoms with Crippen molar-refractivity contribution < 1.29 is 24.7 Å². The van der Waals surface area contributed by atoms with E-state index in [1.54, 1.807) is 12.1 Å². The van der Waals surface area contributed by atoms with Crippen molar-refractivity contribution in [3.05, 3.63) is 64.2 Å². The Bertz CT molecular complexity index is 858. The van der Waals surface area contributed by atoms with Crippen molar-refractivity contribution in [1.29, 1.82) is 0 Å². The molecular weight excluding hydrogens is 330 g/mol. The van der Waals surface area contributed by atoms with Crippen molar-refractivity contribution in [2.24, 2.45) is 5.10 Å². The molecule has 2 aromatic carbocycles. The van der Waals surface area contributed by atoms with Gasteiger partial charge in [0.05, 0.1) is 17.7 Å². The second-order valence-corrected chi connectivity index (χ2v) is 5.24. The Labute approximate surface area is 141 Å². The molecule has 2 N–H and O–H groups in total. The molecule has 128 valence electrons. The molecule has 0 aromatic heterocycles. The first-order valence-electron chi connectivity index (χ1n) is 7.12. The van der Waals surface area contributed by atoms with Gasteiger partial charge in [-0.2, -0.15) is 10.1 Å². The van der Waals surface area contributed by atoms with Crippen LogP contribution in [0.3, 0.4) is 0 Å². The van der Waals surface area contributed by atoms with Gasteiger partial charge in [-0.1, -0.05) is 0 Å². The van der Waals surface area contributed by atoms with Crippen LogP contribution in [0.2, 0.25) is 0 Å². The summed E-state index contributed by atoms with van der Waals surface area (Å²) in [6, 6.07) is 11.2. The molecule has 1 aliphatic rings. The first-order chi connectivity index (χ1) is 11.8. The highest BCUT2D eigenvalue weighted by Gasteiger charge is 2.49. The summed E-state index contributed by atoms with van der Waals surface area (Å²) in [6.45, 7) is 0. The molecule has 2 aromatic rings. The van der Waals surface area contributed by atoms with Gasteiger partial charge < -0.3 is 14.9 Å². The molecule has 0 radical (unpaired) electrons. The number of benzene rings is 2. The molecular formula is C16H13N3O6. The molecule has 0 bridgehead atoms. The van der Waals surface area contributed by atoms with Gasteiger partial charge in [0.25, 0.3) is 11.5 Å². The number of hydrogen-bond donors (Lipinski definition) is 2. The Kier molecular flexibility index (Phi) is 3.95. The average Bonchev–Trinajstić information content (AvgIpc) is 2.85. The van der Waals surface area contributed by atoms with Gasteiger partial charge in [0.15, 0.2) is 0 Å². The maximum Gasteiger partial charge on any atom is 0.314 e. The molecule has 0 saturated carbocycles. The molecule has 0 spiro atoms. The molecule has 0 aliphatic carbocycles. The summed E-state index contributed by atoms with van der Waals surface area (Å²) in [7, 11) is 1.49. The third-order valence-corrected chi connectivity index (χ3v) is 3.69. The van der Waals surface area contributed by atoms with Crippen LogP contribution >= 0.6 is 0 Å². The second-order valence-electron chi connectivity index (χ2n) is 5.24. The van der Waals surface area contributed by atoms with Crippen LogP contribution in [0.15, 0.2) is 53.6 Å². The molecule has 0 atom stereocenters. The molecule has 1 aliphatic heterocycles. The summed E-state index contributed by atoms with van der Waals surface area (Å²) >= 11 is 0. The van der Waals surface area contributed by atoms with Crippen LogP contribution in [0.25, 0.3) is 0 Å². The topological polar surface area (TPSA) is 126 Å². The number of non-ortho nitro benzene ring substituents is 1. The van der Waals surface area contributed by atoms with E-state index in [1.807, 2.05) is 0 Å². The van der Waals surface area contributed by atoms with Gasteiger partial charge in [0, 0.05) is 17.7 Å². The van der Waals surface area contributed by atoms with Crippen molar-refractivity contribution in [2.45, 2.75) is 5.79 Å². The van der Waals surface area contributed by atoms with Gasteiger partial charge in [-0.15, -0.1) is 0 Å². The lowest BCUT2D eigenvalue weighted by atomic mass is 10.0. The third-order valence-electron chi connectivity index (χ3n) is 3.69. The van der Waals surface area contributed by atoms with Crippen LogP contribution in [0.4, 0.5) is 11.4 Å². The number of hydrazone groups is 1. The molecule has 9 nitrogen and oxygen atoms in total. The quantitative estimate of drug-likeness (QED) is 0.485. The number of hydrogen-bond acceptors (Lipinski definition) is 7. The van der Waals surface area contributed by atoms with Crippen molar-refractivity contribution in [2.75, 3.05) is 12.1 Å². The van der Waals surface area contributed by atoms with Crippen molar-refractivity contribution in [3.63, 3.8) is 0 Å². The van der Waals surface area contributed by atoms with E-state index in [4.69, 9.17) is 4.74 Å². The Balaban J connectivity index is 1.99. The number of carbonyl (C=O) groups excluding carboxylic acids is 1. The Hall–Kier alpha value is -3.30. The summed E-state index contributed by atoms with van der Waals surface area (Å²) in [5, 5.41) is 35.8. The number of rotatable bonds is 4. The van der Waals surface area contributed by atoms with Gasteiger partial charge in [-0.05, 0) is 36.4 Å². The summed E-state index contributed by atoms with van der Waals surface area (Å²) in [5.74, 6) is -3.33. The minimum absolute atomic E-state index is 0.158. The molecule has 0 unspecified atom stereocenters. The zero-order chi connectivity index (χ0) is 18.2. The van der Waals surface area contributed by atoms with Crippen LogP contribution < -0.4 is 9.75 Å². The van der Waals surface area contributed by atoms with Gasteiger partial charge >= 0.3 is 5.91 Å². The normalized spacial score (nSPS) is 15.9. The smallest absolute Gasteiger partial charge is 0.314 e. The van der Waals surface area contributed by atoms with Crippen molar-refractivity contribution in [1.82, 2.24) is 0 Å². The lowest BCUT2D eigenvalue weighted by Gasteiger charge is -2.17. The minimum Gasteiger partial charge on any atom is -0.497 e. The number of carbonyl (C=O) groups is 1. The maximum atomic E-state index is 12.3. The van der Waals surface area contributed by atoms with Crippen LogP contribution in [-0.4, -0.2) is 39.7 Å². The first-order valence-corrected chi connectivity index (χ1v) is 7.12. The maximum absolute atomic E-state index is 12.3. The summed E-state index contributed by atoms with van der Waals surface area (Å²) in [5.41, 5.74) is 0.0858. The first kappa shape index (κ1) is 16.6. The molecule has 1 amide bonds. The fraction of sp³-hybridized carbons (Fsp3) is 0.125. The summed E-state index contributed by atoms with van der Waals surface area (Å²) in [4.78, 5) is 22.4. The fourth-order valence-corrected chi connectivity index (χ4v) is 2.36. The lowest BCUT2D eigenvalue weighted by molar-refractivity contribution is -0.384. The predicted molar refractivity (Wildman–Crippen MR) is 87.3 cm³/mol. The van der Waals surface area contributed by atoms with E-state index in [0.29, 0.717) is 11.3 Å². The number of methoxy groups -OCH3 is 1. The molecule has 1 heterocycles. The Morgan fingerprint density at radius 1 is 1.12 bits per heavy atom.